The number of nitrogens with one attached hydrogen (secondary N) is 2. The molecule has 3 rings (SSSR count). The van der Waals surface area contributed by atoms with Crippen molar-refractivity contribution in [3.05, 3.63) is 29.6 Å². The van der Waals surface area contributed by atoms with E-state index >= 15 is 0 Å². The van der Waals surface area contributed by atoms with Crippen LogP contribution in [0.3, 0.4) is 0 Å². The first-order chi connectivity index (χ1) is 14.1. The van der Waals surface area contributed by atoms with Gasteiger partial charge in [-0.25, -0.2) is 9.78 Å². The fraction of sp³-hybridized carbons (Fsp3) is 0.278. The molecule has 2 aromatic rings. The van der Waals surface area contributed by atoms with E-state index in [2.05, 4.69) is 4.98 Å². The molecule has 1 fully saturated rings. The number of rotatable bonds is 6. The molecule has 1 aromatic heterocycles. The maximum absolute atomic E-state index is 12.7. The Balaban J connectivity index is 1.96. The normalized spacial score (nSPS) is 15.4. The minimum Gasteiger partial charge on any atom is -0.493 e. The zero-order valence-corrected chi connectivity index (χ0v) is 16.2. The average Bonchev–Trinajstić information content (AvgIpc) is 3.00. The van der Waals surface area contributed by atoms with Gasteiger partial charge in [-0.05, 0) is 25.1 Å². The molecule has 0 spiro atoms. The van der Waals surface area contributed by atoms with Gasteiger partial charge in [-0.2, -0.15) is 4.73 Å². The number of nitrogens with zero attached hydrogens (tertiary/aromatic N) is 2. The summed E-state index contributed by atoms with van der Waals surface area (Å²) in [7, 11) is 2.89. The number of Topliss-reactive ketones (excluding diaryl/α,β-unsaturated/α-hetero) is 1. The van der Waals surface area contributed by atoms with Gasteiger partial charge in [0.1, 0.15) is 5.69 Å². The van der Waals surface area contributed by atoms with Crippen LogP contribution in [0.4, 0.5) is 4.79 Å². The van der Waals surface area contributed by atoms with E-state index in [1.807, 2.05) is 0 Å². The van der Waals surface area contributed by atoms with Gasteiger partial charge in [-0.15, -0.1) is 0 Å². The van der Waals surface area contributed by atoms with Crippen molar-refractivity contribution in [2.45, 2.75) is 18.9 Å². The summed E-state index contributed by atoms with van der Waals surface area (Å²) in [6, 6.07) is 3.57. The van der Waals surface area contributed by atoms with Gasteiger partial charge in [0.2, 0.25) is 5.60 Å². The third-order valence-electron chi connectivity index (χ3n) is 4.56. The second-order valence-electron chi connectivity index (χ2n) is 6.45. The molecule has 158 valence electrons. The number of barbiturate groups is 1. The topological polar surface area (TPSA) is 169 Å². The molecule has 0 atom stereocenters. The van der Waals surface area contributed by atoms with E-state index in [0.29, 0.717) is 21.8 Å². The van der Waals surface area contributed by atoms with Crippen molar-refractivity contribution in [1.82, 2.24) is 20.3 Å². The largest absolute Gasteiger partial charge is 0.493 e. The summed E-state index contributed by atoms with van der Waals surface area (Å²) in [6.07, 6.45) is -1.02. The van der Waals surface area contributed by atoms with Crippen LogP contribution in [0.15, 0.2) is 18.2 Å². The van der Waals surface area contributed by atoms with Crippen molar-refractivity contribution in [3.63, 3.8) is 0 Å². The van der Waals surface area contributed by atoms with Crippen molar-refractivity contribution in [1.29, 1.82) is 0 Å². The highest BCUT2D eigenvalue weighted by atomic mass is 16.5. The van der Waals surface area contributed by atoms with E-state index in [0.717, 1.165) is 0 Å². The number of hydrogen-bond acceptors (Lipinski definition) is 9. The lowest BCUT2D eigenvalue weighted by Crippen LogP contribution is -2.67. The Kier molecular flexibility index (Phi) is 5.18. The van der Waals surface area contributed by atoms with Crippen molar-refractivity contribution in [2.75, 3.05) is 14.2 Å². The number of methoxy groups -OCH3 is 2. The molecule has 4 N–H and O–H groups in total. The highest BCUT2D eigenvalue weighted by Gasteiger charge is 2.51. The molecule has 0 bridgehead atoms. The van der Waals surface area contributed by atoms with Crippen LogP contribution in [0.1, 0.15) is 22.6 Å². The van der Waals surface area contributed by atoms with Gasteiger partial charge in [0.25, 0.3) is 11.8 Å². The van der Waals surface area contributed by atoms with Gasteiger partial charge < -0.3 is 19.8 Å². The van der Waals surface area contributed by atoms with E-state index in [1.54, 1.807) is 22.8 Å². The molecule has 30 heavy (non-hydrogen) atoms. The van der Waals surface area contributed by atoms with Gasteiger partial charge in [-0.3, -0.25) is 25.0 Å². The number of imidazole rings is 1. The van der Waals surface area contributed by atoms with Crippen molar-refractivity contribution >= 4 is 23.6 Å². The van der Waals surface area contributed by atoms with Crippen LogP contribution in [-0.4, -0.2) is 63.5 Å². The summed E-state index contributed by atoms with van der Waals surface area (Å²) >= 11 is 0. The monoisotopic (exact) mass is 418 g/mol. The molecular formula is C18H18N4O8. The lowest BCUT2D eigenvalue weighted by atomic mass is 9.92. The Morgan fingerprint density at radius 3 is 2.30 bits per heavy atom. The average molecular weight is 418 g/mol. The fourth-order valence-electron chi connectivity index (χ4n) is 3.02. The predicted molar refractivity (Wildman–Crippen MR) is 98.3 cm³/mol. The predicted octanol–water partition coefficient (Wildman–Crippen LogP) is -0.217. The van der Waals surface area contributed by atoms with E-state index in [4.69, 9.17) is 9.47 Å². The Bertz CT molecular complexity index is 1050. The summed E-state index contributed by atoms with van der Waals surface area (Å²) in [5.41, 5.74) is -2.69. The summed E-state index contributed by atoms with van der Waals surface area (Å²) in [6.45, 7) is 1.43. The third-order valence-corrected chi connectivity index (χ3v) is 4.56. The molecular weight excluding hydrogens is 400 g/mol. The maximum atomic E-state index is 12.7. The number of ketones is 1. The highest BCUT2D eigenvalue weighted by Crippen LogP contribution is 2.32. The number of hydrogen-bond donors (Lipinski definition) is 4. The number of ether oxygens (including phenoxy) is 2. The quantitative estimate of drug-likeness (QED) is 0.281. The van der Waals surface area contributed by atoms with Crippen molar-refractivity contribution < 1.29 is 39.0 Å². The molecule has 1 saturated heterocycles. The molecule has 0 saturated carbocycles. The van der Waals surface area contributed by atoms with Gasteiger partial charge in [0.05, 0.1) is 26.3 Å². The molecule has 0 unspecified atom stereocenters. The number of carbonyl (C=O) groups is 4. The first-order valence-electron chi connectivity index (χ1n) is 8.55. The molecule has 0 aliphatic carbocycles. The standard InChI is InChI=1S/C18H18N4O8/c1-8-13(10(23)7-18(27)15(24)20-17(26)21-16(18)25)22(28)14(19-8)9-4-5-11(29-2)12(6-9)30-3/h4-6,27-28H,7H2,1-3H3,(H2,20,21,24,25,26). The number of urea groups is 1. The van der Waals surface area contributed by atoms with E-state index in [1.165, 1.54) is 27.2 Å². The number of carbonyl (C=O) groups excluding carboxylic acids is 4. The fourth-order valence-corrected chi connectivity index (χ4v) is 3.02. The van der Waals surface area contributed by atoms with Gasteiger partial charge >= 0.3 is 6.03 Å². The van der Waals surface area contributed by atoms with Crippen LogP contribution in [0.25, 0.3) is 11.4 Å². The first kappa shape index (κ1) is 20.8. The van der Waals surface area contributed by atoms with E-state index < -0.39 is 35.7 Å². The van der Waals surface area contributed by atoms with Crippen LogP contribution >= 0.6 is 0 Å². The third kappa shape index (κ3) is 3.33. The van der Waals surface area contributed by atoms with Gasteiger partial charge in [-0.1, -0.05) is 0 Å². The SMILES string of the molecule is COc1ccc(-c2nc(C)c(C(=O)CC3(O)C(=O)NC(=O)NC3=O)n2O)cc1OC. The first-order valence-corrected chi connectivity index (χ1v) is 8.55. The van der Waals surface area contributed by atoms with Crippen molar-refractivity contribution in [2.24, 2.45) is 0 Å². The van der Waals surface area contributed by atoms with Gasteiger partial charge in [0.15, 0.2) is 23.1 Å². The van der Waals surface area contributed by atoms with Crippen molar-refractivity contribution in [3.8, 4) is 22.9 Å². The molecule has 4 amide bonds. The number of benzene rings is 1. The maximum Gasteiger partial charge on any atom is 0.328 e. The number of aliphatic hydroxyl groups is 1. The Morgan fingerprint density at radius 1 is 1.13 bits per heavy atom. The van der Waals surface area contributed by atoms with Crippen LogP contribution in [-0.2, 0) is 9.59 Å². The number of aromatic nitrogens is 2. The minimum absolute atomic E-state index is 0.0171. The second kappa shape index (κ2) is 7.48. The van der Waals surface area contributed by atoms with E-state index in [-0.39, 0.29) is 17.2 Å². The summed E-state index contributed by atoms with van der Waals surface area (Å²) in [4.78, 5) is 51.9. The Morgan fingerprint density at radius 2 is 1.73 bits per heavy atom. The van der Waals surface area contributed by atoms with Crippen LogP contribution in [0.5, 0.6) is 11.5 Å². The molecule has 1 aliphatic heterocycles. The molecule has 1 aliphatic rings. The lowest BCUT2D eigenvalue weighted by molar-refractivity contribution is -0.154. The summed E-state index contributed by atoms with van der Waals surface area (Å²) in [5.74, 6) is -2.85. The summed E-state index contributed by atoms with van der Waals surface area (Å²) < 4.78 is 10.9. The Hall–Kier alpha value is -3.93. The lowest BCUT2D eigenvalue weighted by Gasteiger charge is -2.28. The molecule has 0 radical (unpaired) electrons. The highest BCUT2D eigenvalue weighted by molar-refractivity contribution is 6.23. The van der Waals surface area contributed by atoms with Crippen LogP contribution < -0.4 is 20.1 Å². The van der Waals surface area contributed by atoms with E-state index in [9.17, 15) is 29.5 Å². The Labute approximate surface area is 169 Å². The zero-order chi connectivity index (χ0) is 22.2. The van der Waals surface area contributed by atoms with Crippen LogP contribution in [0, 0.1) is 6.92 Å². The zero-order valence-electron chi connectivity index (χ0n) is 16.2. The summed E-state index contributed by atoms with van der Waals surface area (Å²) in [5, 5.41) is 24.3. The smallest absolute Gasteiger partial charge is 0.328 e. The van der Waals surface area contributed by atoms with Gasteiger partial charge in [0, 0.05) is 5.56 Å². The number of aryl methyl sites for hydroxylation is 1. The minimum atomic E-state index is -2.81. The number of imide groups is 2. The second-order valence-corrected chi connectivity index (χ2v) is 6.45. The molecule has 2 heterocycles. The van der Waals surface area contributed by atoms with Crippen LogP contribution in [0.2, 0.25) is 0 Å². The molecule has 1 aromatic carbocycles. The molecule has 12 nitrogen and oxygen atoms in total. The molecule has 12 heteroatoms. The number of amides is 4.